The molecule has 9 heteroatoms. The third kappa shape index (κ3) is 3.60. The van der Waals surface area contributed by atoms with Crippen LogP contribution in [-0.4, -0.2) is 60.9 Å². The van der Waals surface area contributed by atoms with E-state index in [-0.39, 0.29) is 12.1 Å². The molecule has 0 radical (unpaired) electrons. The van der Waals surface area contributed by atoms with Crippen molar-refractivity contribution < 1.29 is 19.1 Å². The molecule has 2 aliphatic rings. The summed E-state index contributed by atoms with van der Waals surface area (Å²) in [5.74, 6) is 0. The molecule has 0 saturated carbocycles. The van der Waals surface area contributed by atoms with E-state index >= 15 is 0 Å². The highest BCUT2D eigenvalue weighted by atomic mass is 16.6. The predicted molar refractivity (Wildman–Crippen MR) is 113 cm³/mol. The van der Waals surface area contributed by atoms with Gasteiger partial charge in [-0.3, -0.25) is 14.5 Å². The molecule has 30 heavy (non-hydrogen) atoms. The number of hydrogen-bond acceptors (Lipinski definition) is 6. The van der Waals surface area contributed by atoms with Crippen LogP contribution in [-0.2, 0) is 9.47 Å². The summed E-state index contributed by atoms with van der Waals surface area (Å²) in [6.45, 7) is 7.63. The van der Waals surface area contributed by atoms with Gasteiger partial charge in [0.05, 0.1) is 49.4 Å². The van der Waals surface area contributed by atoms with Crippen molar-refractivity contribution in [2.45, 2.75) is 39.0 Å². The van der Waals surface area contributed by atoms with Gasteiger partial charge in [-0.2, -0.15) is 5.10 Å². The van der Waals surface area contributed by atoms with Gasteiger partial charge in [-0.05, 0) is 38.5 Å². The molecule has 1 atom stereocenters. The number of carbonyl (C=O) groups excluding carboxylic acids is 2. The lowest BCUT2D eigenvalue weighted by Gasteiger charge is -2.40. The highest BCUT2D eigenvalue weighted by Gasteiger charge is 2.36. The summed E-state index contributed by atoms with van der Waals surface area (Å²) in [5, 5.41) is 7.72. The van der Waals surface area contributed by atoms with E-state index in [1.807, 2.05) is 56.0 Å². The standard InChI is InChI=1S/C21H27N5O4/c1-13(2)30-20(27)24-11-14(3)26(21(28)29-4)18-6-5-15(7-19(18)24)16-8-23-25(12-16)17-9-22-10-17/h5-8,12-14,17,22H,9-11H2,1-4H3/t14-/m0/s1. The molecule has 2 aromatic rings. The van der Waals surface area contributed by atoms with Crippen molar-refractivity contribution in [3.8, 4) is 11.1 Å². The quantitative estimate of drug-likeness (QED) is 0.832. The summed E-state index contributed by atoms with van der Waals surface area (Å²) >= 11 is 0. The molecule has 0 unspecified atom stereocenters. The van der Waals surface area contributed by atoms with Gasteiger partial charge in [0.1, 0.15) is 0 Å². The summed E-state index contributed by atoms with van der Waals surface area (Å²) in [4.78, 5) is 28.4. The maximum atomic E-state index is 12.8. The van der Waals surface area contributed by atoms with Crippen molar-refractivity contribution in [1.29, 1.82) is 0 Å². The van der Waals surface area contributed by atoms with Gasteiger partial charge in [0.2, 0.25) is 0 Å². The van der Waals surface area contributed by atoms with Crippen molar-refractivity contribution in [1.82, 2.24) is 15.1 Å². The number of hydrogen-bond donors (Lipinski definition) is 1. The van der Waals surface area contributed by atoms with E-state index < -0.39 is 12.2 Å². The minimum Gasteiger partial charge on any atom is -0.452 e. The van der Waals surface area contributed by atoms with Gasteiger partial charge in [0.25, 0.3) is 0 Å². The van der Waals surface area contributed by atoms with Crippen molar-refractivity contribution in [2.75, 3.05) is 36.5 Å². The van der Waals surface area contributed by atoms with E-state index in [2.05, 4.69) is 10.4 Å². The molecule has 0 bridgehead atoms. The van der Waals surface area contributed by atoms with Gasteiger partial charge < -0.3 is 14.8 Å². The van der Waals surface area contributed by atoms with Crippen molar-refractivity contribution in [3.05, 3.63) is 30.6 Å². The molecule has 160 valence electrons. The van der Waals surface area contributed by atoms with Gasteiger partial charge in [-0.1, -0.05) is 6.07 Å². The van der Waals surface area contributed by atoms with Crippen molar-refractivity contribution in [2.24, 2.45) is 0 Å². The summed E-state index contributed by atoms with van der Waals surface area (Å²) < 4.78 is 12.4. The smallest absolute Gasteiger partial charge is 0.414 e. The Kier molecular flexibility index (Phi) is 5.38. The molecule has 1 fully saturated rings. The molecule has 0 aliphatic carbocycles. The molecule has 0 spiro atoms. The average Bonchev–Trinajstić information content (AvgIpc) is 3.14. The number of nitrogens with zero attached hydrogens (tertiary/aromatic N) is 4. The van der Waals surface area contributed by atoms with Crippen LogP contribution < -0.4 is 15.1 Å². The maximum absolute atomic E-state index is 12.8. The van der Waals surface area contributed by atoms with Gasteiger partial charge in [-0.25, -0.2) is 9.59 Å². The first kappa shape index (κ1) is 20.2. The Hall–Kier alpha value is -3.07. The van der Waals surface area contributed by atoms with Crippen LogP contribution in [0.3, 0.4) is 0 Å². The number of nitrogens with one attached hydrogen (secondary N) is 1. The first-order valence-electron chi connectivity index (χ1n) is 10.1. The number of benzene rings is 1. The Bertz CT molecular complexity index is 953. The van der Waals surface area contributed by atoms with Crippen molar-refractivity contribution >= 4 is 23.6 Å². The fraction of sp³-hybridized carbons (Fsp3) is 0.476. The predicted octanol–water partition coefficient (Wildman–Crippen LogP) is 3.02. The van der Waals surface area contributed by atoms with E-state index in [4.69, 9.17) is 9.47 Å². The second-order valence-electron chi connectivity index (χ2n) is 7.96. The van der Waals surface area contributed by atoms with Crippen LogP contribution in [0.2, 0.25) is 0 Å². The Morgan fingerprint density at radius 2 is 1.93 bits per heavy atom. The van der Waals surface area contributed by atoms with E-state index in [1.165, 1.54) is 7.11 Å². The number of methoxy groups -OCH3 is 1. The second-order valence-corrected chi connectivity index (χ2v) is 7.96. The second kappa shape index (κ2) is 7.98. The zero-order valence-electron chi connectivity index (χ0n) is 17.7. The largest absolute Gasteiger partial charge is 0.452 e. The molecular formula is C21H27N5O4. The fourth-order valence-electron chi connectivity index (χ4n) is 3.77. The highest BCUT2D eigenvalue weighted by molar-refractivity contribution is 6.01. The first-order valence-corrected chi connectivity index (χ1v) is 10.1. The normalized spacial score (nSPS) is 18.8. The SMILES string of the molecule is COC(=O)N1c2ccc(-c3cnn(C4CNC4)c3)cc2N(C(=O)OC(C)C)C[C@@H]1C. The fourth-order valence-corrected chi connectivity index (χ4v) is 3.77. The van der Waals surface area contributed by atoms with Crippen LogP contribution in [0.5, 0.6) is 0 Å². The minimum atomic E-state index is -0.460. The Morgan fingerprint density at radius 1 is 1.17 bits per heavy atom. The number of aromatic nitrogens is 2. The number of fused-ring (bicyclic) bond motifs is 1. The molecule has 1 aromatic heterocycles. The maximum Gasteiger partial charge on any atom is 0.414 e. The van der Waals surface area contributed by atoms with Crippen LogP contribution in [0.15, 0.2) is 30.6 Å². The Morgan fingerprint density at radius 3 is 2.57 bits per heavy atom. The van der Waals surface area contributed by atoms with Gasteiger partial charge in [0, 0.05) is 24.8 Å². The van der Waals surface area contributed by atoms with E-state index in [0.717, 1.165) is 24.2 Å². The van der Waals surface area contributed by atoms with E-state index in [9.17, 15) is 9.59 Å². The van der Waals surface area contributed by atoms with Gasteiger partial charge in [0.15, 0.2) is 0 Å². The van der Waals surface area contributed by atoms with Crippen LogP contribution in [0.25, 0.3) is 11.1 Å². The lowest BCUT2D eigenvalue weighted by atomic mass is 10.0. The molecule has 3 heterocycles. The summed E-state index contributed by atoms with van der Waals surface area (Å²) in [6, 6.07) is 5.78. The average molecular weight is 413 g/mol. The number of amides is 2. The van der Waals surface area contributed by atoms with Crippen LogP contribution in [0, 0.1) is 0 Å². The molecular weight excluding hydrogens is 386 g/mol. The zero-order chi connectivity index (χ0) is 21.4. The lowest BCUT2D eigenvalue weighted by molar-refractivity contribution is 0.121. The Labute approximate surface area is 175 Å². The summed E-state index contributed by atoms with van der Waals surface area (Å²) in [7, 11) is 1.35. The monoisotopic (exact) mass is 413 g/mol. The molecule has 1 aromatic carbocycles. The van der Waals surface area contributed by atoms with E-state index in [1.54, 1.807) is 9.80 Å². The molecule has 1 saturated heterocycles. The topological polar surface area (TPSA) is 88.9 Å². The number of anilines is 2. The number of ether oxygens (including phenoxy) is 2. The zero-order valence-corrected chi connectivity index (χ0v) is 17.7. The lowest BCUT2D eigenvalue weighted by Crippen LogP contribution is -2.52. The van der Waals surface area contributed by atoms with Gasteiger partial charge >= 0.3 is 12.2 Å². The summed E-state index contributed by atoms with van der Waals surface area (Å²) in [6.07, 6.45) is 2.69. The third-order valence-electron chi connectivity index (χ3n) is 5.41. The number of rotatable bonds is 3. The first-order chi connectivity index (χ1) is 14.4. The molecule has 9 nitrogen and oxygen atoms in total. The highest BCUT2D eigenvalue weighted by Crippen LogP contribution is 2.39. The molecule has 1 N–H and O–H groups in total. The van der Waals surface area contributed by atoms with Crippen molar-refractivity contribution in [3.63, 3.8) is 0 Å². The molecule has 2 aliphatic heterocycles. The number of carbonyl (C=O) groups is 2. The minimum absolute atomic E-state index is 0.243. The summed E-state index contributed by atoms with van der Waals surface area (Å²) in [5.41, 5.74) is 3.08. The van der Waals surface area contributed by atoms with Crippen LogP contribution >= 0.6 is 0 Å². The van der Waals surface area contributed by atoms with Crippen LogP contribution in [0.4, 0.5) is 21.0 Å². The van der Waals surface area contributed by atoms with Crippen LogP contribution in [0.1, 0.15) is 26.8 Å². The third-order valence-corrected chi connectivity index (χ3v) is 5.41. The Balaban J connectivity index is 1.74. The molecule has 2 amide bonds. The van der Waals surface area contributed by atoms with Gasteiger partial charge in [-0.15, -0.1) is 0 Å². The molecule has 4 rings (SSSR count). The van der Waals surface area contributed by atoms with E-state index in [0.29, 0.717) is 24.0 Å².